The van der Waals surface area contributed by atoms with E-state index in [4.69, 9.17) is 4.42 Å². The largest absolute Gasteiger partial charge is 0.472 e. The average molecular weight is 284 g/mol. The van der Waals surface area contributed by atoms with E-state index in [1.807, 2.05) is 6.07 Å². The Morgan fingerprint density at radius 2 is 2.19 bits per heavy atom. The third-order valence-corrected chi connectivity index (χ3v) is 3.11. The Morgan fingerprint density at radius 1 is 1.33 bits per heavy atom. The Kier molecular flexibility index (Phi) is 3.43. The van der Waals surface area contributed by atoms with Gasteiger partial charge in [-0.05, 0) is 24.1 Å². The lowest BCUT2D eigenvalue weighted by atomic mass is 10.2. The summed E-state index contributed by atoms with van der Waals surface area (Å²) in [5, 5.41) is 11.1. The van der Waals surface area contributed by atoms with Crippen molar-refractivity contribution in [1.82, 2.24) is 19.9 Å². The summed E-state index contributed by atoms with van der Waals surface area (Å²) in [5.41, 5.74) is 2.08. The van der Waals surface area contributed by atoms with E-state index in [2.05, 4.69) is 29.4 Å². The molecule has 0 aliphatic heterocycles. The number of fused-ring (bicyclic) bond motifs is 1. The average Bonchev–Trinajstić information content (AvgIpc) is 3.12. The van der Waals surface area contributed by atoms with Crippen molar-refractivity contribution >= 4 is 11.6 Å². The van der Waals surface area contributed by atoms with E-state index in [0.717, 1.165) is 5.56 Å². The van der Waals surface area contributed by atoms with Crippen LogP contribution >= 0.6 is 0 Å². The summed E-state index contributed by atoms with van der Waals surface area (Å²) in [4.78, 5) is 12.1. The molecule has 0 spiro atoms. The zero-order valence-electron chi connectivity index (χ0n) is 11.9. The molecule has 3 heterocycles. The molecule has 0 aromatic carbocycles. The molecule has 1 N–H and O–H groups in total. The second-order valence-electron chi connectivity index (χ2n) is 5.29. The summed E-state index contributed by atoms with van der Waals surface area (Å²) in [6.07, 6.45) is 4.92. The number of rotatable bonds is 4. The van der Waals surface area contributed by atoms with E-state index in [9.17, 15) is 4.79 Å². The smallest absolute Gasteiger partial charge is 0.252 e. The van der Waals surface area contributed by atoms with Crippen LogP contribution in [0.25, 0.3) is 17.0 Å². The van der Waals surface area contributed by atoms with Crippen molar-refractivity contribution in [2.75, 3.05) is 6.54 Å². The molecule has 3 rings (SSSR count). The fourth-order valence-electron chi connectivity index (χ4n) is 2.01. The first kappa shape index (κ1) is 13.4. The molecule has 3 aromatic heterocycles. The molecule has 1 amide bonds. The highest BCUT2D eigenvalue weighted by molar-refractivity contribution is 5.94. The molecule has 0 bridgehead atoms. The lowest BCUT2D eigenvalue weighted by Crippen LogP contribution is -2.27. The van der Waals surface area contributed by atoms with Gasteiger partial charge >= 0.3 is 0 Å². The van der Waals surface area contributed by atoms with Gasteiger partial charge in [-0.15, -0.1) is 10.2 Å². The van der Waals surface area contributed by atoms with E-state index >= 15 is 0 Å². The topological polar surface area (TPSA) is 72.4 Å². The maximum Gasteiger partial charge on any atom is 0.252 e. The van der Waals surface area contributed by atoms with Gasteiger partial charge in [0.05, 0.1) is 17.4 Å². The van der Waals surface area contributed by atoms with Gasteiger partial charge in [0.25, 0.3) is 5.91 Å². The van der Waals surface area contributed by atoms with Crippen LogP contribution in [-0.2, 0) is 0 Å². The monoisotopic (exact) mass is 284 g/mol. The first-order valence-electron chi connectivity index (χ1n) is 6.80. The SMILES string of the molecule is CC(C)CNC(=O)c1ccc2nnc(-c3ccoc3)n2c1. The maximum absolute atomic E-state index is 12.1. The van der Waals surface area contributed by atoms with E-state index in [1.54, 1.807) is 35.3 Å². The second kappa shape index (κ2) is 5.40. The van der Waals surface area contributed by atoms with Crippen LogP contribution in [0.4, 0.5) is 0 Å². The standard InChI is InChI=1S/C15H16N4O2/c1-10(2)7-16-15(20)11-3-4-13-17-18-14(19(13)8-11)12-5-6-21-9-12/h3-6,8-10H,7H2,1-2H3,(H,16,20). The molecule has 0 atom stereocenters. The number of carbonyl (C=O) groups excluding carboxylic acids is 1. The van der Waals surface area contributed by atoms with Crippen molar-refractivity contribution in [3.63, 3.8) is 0 Å². The number of nitrogens with zero attached hydrogens (tertiary/aromatic N) is 3. The molecular weight excluding hydrogens is 268 g/mol. The van der Waals surface area contributed by atoms with Crippen LogP contribution < -0.4 is 5.32 Å². The Morgan fingerprint density at radius 3 is 2.90 bits per heavy atom. The summed E-state index contributed by atoms with van der Waals surface area (Å²) in [5.74, 6) is 0.962. The minimum Gasteiger partial charge on any atom is -0.472 e. The minimum absolute atomic E-state index is 0.0996. The van der Waals surface area contributed by atoms with Crippen molar-refractivity contribution in [3.8, 4) is 11.4 Å². The molecule has 3 aromatic rings. The molecule has 0 aliphatic carbocycles. The first-order chi connectivity index (χ1) is 10.1. The quantitative estimate of drug-likeness (QED) is 0.798. The Balaban J connectivity index is 1.95. The molecule has 21 heavy (non-hydrogen) atoms. The fourth-order valence-corrected chi connectivity index (χ4v) is 2.01. The number of pyridine rings is 1. The second-order valence-corrected chi connectivity index (χ2v) is 5.29. The molecule has 6 heteroatoms. The van der Waals surface area contributed by atoms with Crippen molar-refractivity contribution in [1.29, 1.82) is 0 Å². The predicted molar refractivity (Wildman–Crippen MR) is 77.9 cm³/mol. The normalized spacial score (nSPS) is 11.2. The molecular formula is C15H16N4O2. The van der Waals surface area contributed by atoms with Crippen LogP contribution in [-0.4, -0.2) is 27.0 Å². The molecule has 0 aliphatic rings. The highest BCUT2D eigenvalue weighted by Crippen LogP contribution is 2.19. The molecule has 0 unspecified atom stereocenters. The number of carbonyl (C=O) groups is 1. The minimum atomic E-state index is -0.0996. The van der Waals surface area contributed by atoms with Gasteiger partial charge in [-0.25, -0.2) is 0 Å². The zero-order chi connectivity index (χ0) is 14.8. The van der Waals surface area contributed by atoms with Crippen molar-refractivity contribution in [2.45, 2.75) is 13.8 Å². The molecule has 0 radical (unpaired) electrons. The first-order valence-corrected chi connectivity index (χ1v) is 6.80. The van der Waals surface area contributed by atoms with Gasteiger partial charge < -0.3 is 9.73 Å². The van der Waals surface area contributed by atoms with Crippen molar-refractivity contribution in [3.05, 3.63) is 42.5 Å². The highest BCUT2D eigenvalue weighted by Gasteiger charge is 2.12. The van der Waals surface area contributed by atoms with E-state index in [-0.39, 0.29) is 5.91 Å². The highest BCUT2D eigenvalue weighted by atomic mass is 16.3. The van der Waals surface area contributed by atoms with Crippen LogP contribution in [0.5, 0.6) is 0 Å². The zero-order valence-corrected chi connectivity index (χ0v) is 11.9. The van der Waals surface area contributed by atoms with Crippen LogP contribution in [0, 0.1) is 5.92 Å². The number of hydrogen-bond acceptors (Lipinski definition) is 4. The molecule has 0 saturated carbocycles. The molecule has 6 nitrogen and oxygen atoms in total. The predicted octanol–water partition coefficient (Wildman–Crippen LogP) is 2.38. The fraction of sp³-hybridized carbons (Fsp3) is 0.267. The van der Waals surface area contributed by atoms with Crippen molar-refractivity contribution in [2.24, 2.45) is 5.92 Å². The van der Waals surface area contributed by atoms with Crippen molar-refractivity contribution < 1.29 is 9.21 Å². The summed E-state index contributed by atoms with van der Waals surface area (Å²) >= 11 is 0. The Labute approximate surface area is 121 Å². The maximum atomic E-state index is 12.1. The van der Waals surface area contributed by atoms with Gasteiger partial charge in [-0.1, -0.05) is 13.8 Å². The van der Waals surface area contributed by atoms with E-state index < -0.39 is 0 Å². The van der Waals surface area contributed by atoms with Gasteiger partial charge in [-0.3, -0.25) is 9.20 Å². The third-order valence-electron chi connectivity index (χ3n) is 3.11. The van der Waals surface area contributed by atoms with Gasteiger partial charge in [-0.2, -0.15) is 0 Å². The number of hydrogen-bond donors (Lipinski definition) is 1. The van der Waals surface area contributed by atoms with E-state index in [1.165, 1.54) is 0 Å². The van der Waals surface area contributed by atoms with Gasteiger partial charge in [0, 0.05) is 12.7 Å². The summed E-state index contributed by atoms with van der Waals surface area (Å²) in [6, 6.07) is 5.33. The van der Waals surface area contributed by atoms with Gasteiger partial charge in [0.15, 0.2) is 11.5 Å². The van der Waals surface area contributed by atoms with Gasteiger partial charge in [0.2, 0.25) is 0 Å². The molecule has 0 fully saturated rings. The van der Waals surface area contributed by atoms with Crippen LogP contribution in [0.1, 0.15) is 24.2 Å². The van der Waals surface area contributed by atoms with E-state index in [0.29, 0.717) is 29.5 Å². The Hall–Kier alpha value is -2.63. The third kappa shape index (κ3) is 2.65. The lowest BCUT2D eigenvalue weighted by molar-refractivity contribution is 0.0948. The number of amides is 1. The van der Waals surface area contributed by atoms with Crippen LogP contribution in [0.3, 0.4) is 0 Å². The lowest BCUT2D eigenvalue weighted by Gasteiger charge is -2.08. The number of nitrogens with one attached hydrogen (secondary N) is 1. The Bertz CT molecular complexity index is 759. The molecule has 0 saturated heterocycles. The summed E-state index contributed by atoms with van der Waals surface area (Å²) in [6.45, 7) is 4.76. The van der Waals surface area contributed by atoms with Crippen LogP contribution in [0.2, 0.25) is 0 Å². The number of furan rings is 1. The molecule has 108 valence electrons. The van der Waals surface area contributed by atoms with Crippen LogP contribution in [0.15, 0.2) is 41.3 Å². The summed E-state index contributed by atoms with van der Waals surface area (Å²) < 4.78 is 6.86. The number of aromatic nitrogens is 3. The summed E-state index contributed by atoms with van der Waals surface area (Å²) in [7, 11) is 0. The van der Waals surface area contributed by atoms with Gasteiger partial charge in [0.1, 0.15) is 6.26 Å².